The molecule has 1 amide bonds. The minimum atomic E-state index is 0.0321. The van der Waals surface area contributed by atoms with Crippen molar-refractivity contribution < 1.29 is 4.79 Å². The van der Waals surface area contributed by atoms with Gasteiger partial charge in [0.25, 0.3) is 0 Å². The number of amidine groups is 1. The molecule has 0 aromatic carbocycles. The Morgan fingerprint density at radius 2 is 2.26 bits per heavy atom. The number of piperidine rings is 1. The van der Waals surface area contributed by atoms with E-state index >= 15 is 0 Å². The molecule has 2 bridgehead atoms. The summed E-state index contributed by atoms with van der Waals surface area (Å²) in [5.41, 5.74) is 1.20. The Morgan fingerprint density at radius 1 is 1.39 bits per heavy atom. The van der Waals surface area contributed by atoms with Crippen LogP contribution in [-0.2, 0) is 4.79 Å². The van der Waals surface area contributed by atoms with Crippen LogP contribution in [0.2, 0.25) is 0 Å². The van der Waals surface area contributed by atoms with Crippen molar-refractivity contribution >= 4 is 18.1 Å². The Hall–Kier alpha value is -2.37. The fourth-order valence-corrected chi connectivity index (χ4v) is 3.99. The molecule has 0 radical (unpaired) electrons. The Labute approximate surface area is 136 Å². The van der Waals surface area contributed by atoms with E-state index in [1.165, 1.54) is 18.1 Å². The second-order valence-electron chi connectivity index (χ2n) is 6.41. The summed E-state index contributed by atoms with van der Waals surface area (Å²) >= 11 is 0. The number of fused-ring (bicyclic) bond motifs is 3. The molecule has 2 saturated heterocycles. The highest BCUT2D eigenvalue weighted by molar-refractivity contribution is 5.93. The van der Waals surface area contributed by atoms with Crippen molar-refractivity contribution in [3.8, 4) is 0 Å². The average molecular weight is 311 g/mol. The van der Waals surface area contributed by atoms with Crippen molar-refractivity contribution in [3.63, 3.8) is 0 Å². The van der Waals surface area contributed by atoms with E-state index in [1.807, 2.05) is 11.1 Å². The number of allylic oxidation sites excluding steroid dienone is 1. The molecule has 2 atom stereocenters. The first-order chi connectivity index (χ1) is 11.3. The molecule has 0 spiro atoms. The van der Waals surface area contributed by atoms with Crippen LogP contribution >= 0.6 is 0 Å². The van der Waals surface area contributed by atoms with E-state index in [2.05, 4.69) is 32.9 Å². The summed E-state index contributed by atoms with van der Waals surface area (Å²) in [5.74, 6) is 2.62. The van der Waals surface area contributed by atoms with Crippen molar-refractivity contribution in [2.45, 2.75) is 25.3 Å². The minimum Gasteiger partial charge on any atom is -0.351 e. The molecule has 6 nitrogen and oxygen atoms in total. The van der Waals surface area contributed by atoms with Gasteiger partial charge in [-0.25, -0.2) is 9.98 Å². The number of hydrogen-bond acceptors (Lipinski definition) is 5. The maximum Gasteiger partial charge on any atom is 0.246 e. The highest BCUT2D eigenvalue weighted by Gasteiger charge is 2.40. The number of likely N-dealkylation sites (tertiary alicyclic amines) is 2. The van der Waals surface area contributed by atoms with Crippen molar-refractivity contribution in [2.75, 3.05) is 19.6 Å². The molecule has 120 valence electrons. The lowest BCUT2D eigenvalue weighted by atomic mass is 9.92. The highest BCUT2D eigenvalue weighted by Crippen LogP contribution is 2.36. The van der Waals surface area contributed by atoms with E-state index in [0.717, 1.165) is 44.1 Å². The van der Waals surface area contributed by atoms with Gasteiger partial charge in [0.15, 0.2) is 0 Å². The first-order valence-electron chi connectivity index (χ1n) is 8.19. The minimum absolute atomic E-state index is 0.0321. The van der Waals surface area contributed by atoms with Gasteiger partial charge in [-0.05, 0) is 30.9 Å². The average Bonchev–Trinajstić information content (AvgIpc) is 2.95. The third-order valence-electron chi connectivity index (χ3n) is 5.19. The summed E-state index contributed by atoms with van der Waals surface area (Å²) in [6, 6.07) is 0.345. The molecule has 2 fully saturated rings. The normalized spacial score (nSPS) is 29.0. The smallest absolute Gasteiger partial charge is 0.246 e. The summed E-state index contributed by atoms with van der Waals surface area (Å²) in [7, 11) is 0. The zero-order valence-electron chi connectivity index (χ0n) is 13.1. The summed E-state index contributed by atoms with van der Waals surface area (Å²) < 4.78 is 0. The molecule has 4 aliphatic rings. The van der Waals surface area contributed by atoms with Gasteiger partial charge in [0.05, 0.1) is 6.04 Å². The van der Waals surface area contributed by atoms with Crippen molar-refractivity contribution in [3.05, 3.63) is 36.3 Å². The van der Waals surface area contributed by atoms with Crippen LogP contribution < -0.4 is 5.32 Å². The van der Waals surface area contributed by atoms with Crippen molar-refractivity contribution in [1.82, 2.24) is 15.1 Å². The number of carbonyl (C=O) groups is 1. The molecule has 1 N–H and O–H groups in total. The molecule has 23 heavy (non-hydrogen) atoms. The Balaban J connectivity index is 1.62. The van der Waals surface area contributed by atoms with Crippen LogP contribution in [0.3, 0.4) is 0 Å². The number of amides is 1. The topological polar surface area (TPSA) is 60.3 Å². The van der Waals surface area contributed by atoms with E-state index in [4.69, 9.17) is 0 Å². The number of nitrogens with one attached hydrogen (secondary N) is 1. The Bertz CT molecular complexity index is 660. The molecule has 0 aliphatic carbocycles. The number of hydrogen-bond donors (Lipinski definition) is 1. The van der Waals surface area contributed by atoms with Gasteiger partial charge in [0.2, 0.25) is 5.91 Å². The maximum absolute atomic E-state index is 12.0. The first kappa shape index (κ1) is 14.2. The van der Waals surface area contributed by atoms with Crippen LogP contribution in [-0.4, -0.2) is 53.6 Å². The van der Waals surface area contributed by atoms with Crippen molar-refractivity contribution in [1.29, 1.82) is 0 Å². The van der Waals surface area contributed by atoms with Gasteiger partial charge < -0.3 is 15.1 Å². The van der Waals surface area contributed by atoms with Gasteiger partial charge in [-0.2, -0.15) is 0 Å². The van der Waals surface area contributed by atoms with Gasteiger partial charge in [0, 0.05) is 37.8 Å². The summed E-state index contributed by atoms with van der Waals surface area (Å²) in [6.07, 6.45) is 10.1. The fourth-order valence-electron chi connectivity index (χ4n) is 3.99. The van der Waals surface area contributed by atoms with Crippen LogP contribution in [0.5, 0.6) is 0 Å². The number of aliphatic imine (C=N–C) groups is 2. The molecule has 0 aromatic heterocycles. The SMILES string of the molecule is C=CC(=O)N1CCC2CCN(C3=C4C=CNC(=NC=N3)C4)C2C1. The van der Waals surface area contributed by atoms with E-state index in [9.17, 15) is 4.79 Å². The molecule has 4 heterocycles. The lowest BCUT2D eigenvalue weighted by Gasteiger charge is -2.39. The van der Waals surface area contributed by atoms with Gasteiger partial charge in [-0.15, -0.1) is 0 Å². The number of carbonyl (C=O) groups excluding carboxylic acids is 1. The zero-order valence-corrected chi connectivity index (χ0v) is 13.1. The summed E-state index contributed by atoms with van der Waals surface area (Å²) in [6.45, 7) is 6.21. The van der Waals surface area contributed by atoms with Crippen LogP contribution in [0.15, 0.2) is 46.3 Å². The van der Waals surface area contributed by atoms with Gasteiger partial charge in [-0.1, -0.05) is 6.58 Å². The largest absolute Gasteiger partial charge is 0.351 e. The first-order valence-corrected chi connectivity index (χ1v) is 8.19. The van der Waals surface area contributed by atoms with Gasteiger partial charge in [0.1, 0.15) is 18.0 Å². The molecule has 0 aromatic rings. The molecule has 2 unspecified atom stereocenters. The molecular weight excluding hydrogens is 290 g/mol. The Morgan fingerprint density at radius 3 is 3.13 bits per heavy atom. The second kappa shape index (κ2) is 5.68. The predicted octanol–water partition coefficient (Wildman–Crippen LogP) is 1.25. The van der Waals surface area contributed by atoms with E-state index in [-0.39, 0.29) is 5.91 Å². The van der Waals surface area contributed by atoms with Crippen molar-refractivity contribution in [2.24, 2.45) is 15.9 Å². The fraction of sp³-hybridized carbons (Fsp3) is 0.471. The molecule has 4 rings (SSSR count). The Kier molecular flexibility index (Phi) is 3.52. The lowest BCUT2D eigenvalue weighted by Crippen LogP contribution is -2.49. The van der Waals surface area contributed by atoms with Crippen LogP contribution in [0, 0.1) is 5.92 Å². The van der Waals surface area contributed by atoms with Crippen LogP contribution in [0.1, 0.15) is 19.3 Å². The standard InChI is InChI=1S/C17H21N5O/c1-2-16(23)21-7-4-12-5-8-22(14(12)10-21)17-13-3-6-18-15(9-13)19-11-20-17/h2-3,6,11-12,14H,1,4-5,7-10H2,(H,18,19,20). The quantitative estimate of drug-likeness (QED) is 0.781. The number of rotatable bonds is 2. The van der Waals surface area contributed by atoms with Crippen LogP contribution in [0.25, 0.3) is 0 Å². The van der Waals surface area contributed by atoms with Gasteiger partial charge >= 0.3 is 0 Å². The molecule has 6 heteroatoms. The monoisotopic (exact) mass is 311 g/mol. The predicted molar refractivity (Wildman–Crippen MR) is 89.8 cm³/mol. The third kappa shape index (κ3) is 2.48. The maximum atomic E-state index is 12.0. The number of nitrogens with zero attached hydrogens (tertiary/aromatic N) is 4. The summed E-state index contributed by atoms with van der Waals surface area (Å²) in [4.78, 5) is 25.2. The highest BCUT2D eigenvalue weighted by atomic mass is 16.2. The molecule has 0 saturated carbocycles. The van der Waals surface area contributed by atoms with E-state index in [1.54, 1.807) is 6.34 Å². The zero-order chi connectivity index (χ0) is 15.8. The van der Waals surface area contributed by atoms with E-state index in [0.29, 0.717) is 12.0 Å². The van der Waals surface area contributed by atoms with E-state index < -0.39 is 0 Å². The molecular formula is C17H21N5O. The third-order valence-corrected chi connectivity index (χ3v) is 5.19. The lowest BCUT2D eigenvalue weighted by molar-refractivity contribution is -0.128. The molecule has 4 aliphatic heterocycles. The second-order valence-corrected chi connectivity index (χ2v) is 6.41. The van der Waals surface area contributed by atoms with Crippen LogP contribution in [0.4, 0.5) is 0 Å². The summed E-state index contributed by atoms with van der Waals surface area (Å²) in [5, 5.41) is 3.15. The van der Waals surface area contributed by atoms with Gasteiger partial charge in [-0.3, -0.25) is 4.79 Å².